The second-order valence-electron chi connectivity index (χ2n) is 4.17. The summed E-state index contributed by atoms with van der Waals surface area (Å²) in [5.41, 5.74) is 0.946. The monoisotopic (exact) mass is 315 g/mol. The van der Waals surface area contributed by atoms with Gasteiger partial charge in [-0.2, -0.15) is 0 Å². The molecular formula is C13H18BrNO3. The van der Waals surface area contributed by atoms with E-state index in [-0.39, 0.29) is 11.8 Å². The first-order valence-corrected chi connectivity index (χ1v) is 6.47. The number of carbonyl (C=O) groups excluding carboxylic acids is 1. The van der Waals surface area contributed by atoms with Crippen LogP contribution in [0.2, 0.25) is 0 Å². The van der Waals surface area contributed by atoms with Crippen LogP contribution in [-0.2, 0) is 11.3 Å². The van der Waals surface area contributed by atoms with E-state index in [0.717, 1.165) is 10.0 Å². The summed E-state index contributed by atoms with van der Waals surface area (Å²) in [5, 5.41) is 2.86. The number of benzene rings is 1. The molecule has 0 radical (unpaired) electrons. The van der Waals surface area contributed by atoms with Gasteiger partial charge < -0.3 is 14.8 Å². The predicted octanol–water partition coefficient (Wildman–Crippen LogP) is 2.74. The summed E-state index contributed by atoms with van der Waals surface area (Å²) >= 11 is 3.45. The molecule has 0 fully saturated rings. The van der Waals surface area contributed by atoms with Crippen LogP contribution in [-0.4, -0.2) is 20.1 Å². The van der Waals surface area contributed by atoms with Gasteiger partial charge in [-0.3, -0.25) is 4.79 Å². The van der Waals surface area contributed by atoms with Gasteiger partial charge in [0.05, 0.1) is 14.2 Å². The van der Waals surface area contributed by atoms with Gasteiger partial charge in [0.2, 0.25) is 5.91 Å². The molecule has 0 aromatic heterocycles. The fraction of sp³-hybridized carbons (Fsp3) is 0.462. The average molecular weight is 316 g/mol. The van der Waals surface area contributed by atoms with E-state index in [4.69, 9.17) is 9.47 Å². The van der Waals surface area contributed by atoms with Crippen LogP contribution in [0.3, 0.4) is 0 Å². The van der Waals surface area contributed by atoms with Crippen LogP contribution in [0.1, 0.15) is 19.4 Å². The number of nitrogens with one attached hydrogen (secondary N) is 1. The fourth-order valence-electron chi connectivity index (χ4n) is 1.42. The highest BCUT2D eigenvalue weighted by Gasteiger charge is 2.11. The van der Waals surface area contributed by atoms with E-state index in [9.17, 15) is 4.79 Å². The molecule has 5 heteroatoms. The van der Waals surface area contributed by atoms with Crippen LogP contribution >= 0.6 is 15.9 Å². The van der Waals surface area contributed by atoms with Gasteiger partial charge in [0.15, 0.2) is 11.5 Å². The molecule has 0 heterocycles. The molecule has 0 aliphatic heterocycles. The maximum atomic E-state index is 11.5. The number of carbonyl (C=O) groups is 1. The molecule has 4 nitrogen and oxygen atoms in total. The first kappa shape index (κ1) is 14.8. The van der Waals surface area contributed by atoms with Crippen LogP contribution in [0, 0.1) is 5.92 Å². The van der Waals surface area contributed by atoms with Crippen molar-refractivity contribution in [2.24, 2.45) is 5.92 Å². The molecule has 0 aliphatic carbocycles. The lowest BCUT2D eigenvalue weighted by molar-refractivity contribution is -0.124. The summed E-state index contributed by atoms with van der Waals surface area (Å²) in [6.07, 6.45) is 0. The molecular weight excluding hydrogens is 298 g/mol. The Morgan fingerprint density at radius 1 is 1.28 bits per heavy atom. The lowest BCUT2D eigenvalue weighted by Gasteiger charge is -2.13. The first-order valence-electron chi connectivity index (χ1n) is 5.67. The zero-order chi connectivity index (χ0) is 13.7. The van der Waals surface area contributed by atoms with Gasteiger partial charge in [0.25, 0.3) is 0 Å². The summed E-state index contributed by atoms with van der Waals surface area (Å²) in [6, 6.07) is 3.68. The van der Waals surface area contributed by atoms with E-state index >= 15 is 0 Å². The standard InChI is InChI=1S/C13H18BrNO3/c1-8(2)13(16)15-7-9-5-11(17-3)12(18-4)6-10(9)14/h5-6,8H,7H2,1-4H3,(H,15,16). The highest BCUT2D eigenvalue weighted by atomic mass is 79.9. The maximum absolute atomic E-state index is 11.5. The Bertz CT molecular complexity index is 432. The maximum Gasteiger partial charge on any atom is 0.222 e. The summed E-state index contributed by atoms with van der Waals surface area (Å²) in [4.78, 5) is 11.5. The lowest BCUT2D eigenvalue weighted by atomic mass is 10.1. The van der Waals surface area contributed by atoms with Crippen molar-refractivity contribution in [1.29, 1.82) is 0 Å². The van der Waals surface area contributed by atoms with Gasteiger partial charge >= 0.3 is 0 Å². The average Bonchev–Trinajstić information content (AvgIpc) is 2.36. The molecule has 1 N–H and O–H groups in total. The molecule has 1 rings (SSSR count). The first-order chi connectivity index (χ1) is 8.49. The van der Waals surface area contributed by atoms with Crippen LogP contribution < -0.4 is 14.8 Å². The van der Waals surface area contributed by atoms with Crippen molar-refractivity contribution < 1.29 is 14.3 Å². The van der Waals surface area contributed by atoms with Gasteiger partial charge in [0, 0.05) is 16.9 Å². The second-order valence-corrected chi connectivity index (χ2v) is 5.03. The number of methoxy groups -OCH3 is 2. The number of hydrogen-bond acceptors (Lipinski definition) is 3. The number of amides is 1. The van der Waals surface area contributed by atoms with Gasteiger partial charge in [-0.15, -0.1) is 0 Å². The molecule has 1 aromatic rings. The van der Waals surface area contributed by atoms with E-state index in [1.54, 1.807) is 14.2 Å². The topological polar surface area (TPSA) is 47.6 Å². The molecule has 0 bridgehead atoms. The highest BCUT2D eigenvalue weighted by Crippen LogP contribution is 2.33. The van der Waals surface area contributed by atoms with Crippen LogP contribution in [0.5, 0.6) is 11.5 Å². The van der Waals surface area contributed by atoms with Crippen LogP contribution in [0.4, 0.5) is 0 Å². The number of ether oxygens (including phenoxy) is 2. The van der Waals surface area contributed by atoms with Gasteiger partial charge in [0.1, 0.15) is 0 Å². The van der Waals surface area contributed by atoms with E-state index in [1.165, 1.54) is 0 Å². The van der Waals surface area contributed by atoms with Crippen molar-refractivity contribution in [2.75, 3.05) is 14.2 Å². The number of hydrogen-bond donors (Lipinski definition) is 1. The minimum absolute atomic E-state index is 0.0241. The third kappa shape index (κ3) is 3.63. The summed E-state index contributed by atoms with van der Waals surface area (Å²) in [6.45, 7) is 4.18. The lowest BCUT2D eigenvalue weighted by Crippen LogP contribution is -2.27. The van der Waals surface area contributed by atoms with Gasteiger partial charge in [-0.25, -0.2) is 0 Å². The van der Waals surface area contributed by atoms with Crippen molar-refractivity contribution in [3.8, 4) is 11.5 Å². The van der Waals surface area contributed by atoms with Crippen molar-refractivity contribution in [1.82, 2.24) is 5.32 Å². The third-order valence-electron chi connectivity index (χ3n) is 2.53. The fourth-order valence-corrected chi connectivity index (χ4v) is 1.88. The van der Waals surface area contributed by atoms with Crippen LogP contribution in [0.25, 0.3) is 0 Å². The Kier molecular flexibility index (Phi) is 5.47. The molecule has 1 amide bonds. The highest BCUT2D eigenvalue weighted by molar-refractivity contribution is 9.10. The Morgan fingerprint density at radius 3 is 2.33 bits per heavy atom. The molecule has 0 aliphatic rings. The SMILES string of the molecule is COc1cc(Br)c(CNC(=O)C(C)C)cc1OC. The molecule has 0 spiro atoms. The Morgan fingerprint density at radius 2 is 1.83 bits per heavy atom. The van der Waals surface area contributed by atoms with Crippen molar-refractivity contribution >= 4 is 21.8 Å². The summed E-state index contributed by atoms with van der Waals surface area (Å²) in [7, 11) is 3.17. The van der Waals surface area contributed by atoms with Crippen molar-refractivity contribution in [2.45, 2.75) is 20.4 Å². The normalized spacial score (nSPS) is 10.3. The molecule has 0 unspecified atom stereocenters. The van der Waals surface area contributed by atoms with E-state index in [1.807, 2.05) is 26.0 Å². The molecule has 18 heavy (non-hydrogen) atoms. The van der Waals surface area contributed by atoms with E-state index in [0.29, 0.717) is 18.0 Å². The molecule has 0 saturated carbocycles. The third-order valence-corrected chi connectivity index (χ3v) is 3.27. The smallest absolute Gasteiger partial charge is 0.222 e. The zero-order valence-electron chi connectivity index (χ0n) is 11.0. The minimum atomic E-state index is -0.0241. The summed E-state index contributed by atoms with van der Waals surface area (Å²) in [5.74, 6) is 1.30. The van der Waals surface area contributed by atoms with E-state index < -0.39 is 0 Å². The predicted molar refractivity (Wildman–Crippen MR) is 73.9 cm³/mol. The zero-order valence-corrected chi connectivity index (χ0v) is 12.6. The van der Waals surface area contributed by atoms with Crippen LogP contribution in [0.15, 0.2) is 16.6 Å². The Hall–Kier alpha value is -1.23. The molecule has 1 aromatic carbocycles. The summed E-state index contributed by atoms with van der Waals surface area (Å²) < 4.78 is 11.3. The molecule has 0 saturated heterocycles. The van der Waals surface area contributed by atoms with Crippen molar-refractivity contribution in [3.63, 3.8) is 0 Å². The largest absolute Gasteiger partial charge is 0.493 e. The van der Waals surface area contributed by atoms with E-state index in [2.05, 4.69) is 21.2 Å². The van der Waals surface area contributed by atoms with Gasteiger partial charge in [-0.05, 0) is 17.7 Å². The second kappa shape index (κ2) is 6.64. The Balaban J connectivity index is 2.86. The Labute approximate surface area is 116 Å². The minimum Gasteiger partial charge on any atom is -0.493 e. The molecule has 100 valence electrons. The van der Waals surface area contributed by atoms with Crippen molar-refractivity contribution in [3.05, 3.63) is 22.2 Å². The molecule has 0 atom stereocenters. The number of halogens is 1. The van der Waals surface area contributed by atoms with Gasteiger partial charge in [-0.1, -0.05) is 29.8 Å². The number of rotatable bonds is 5. The quantitative estimate of drug-likeness (QED) is 0.908.